The lowest BCUT2D eigenvalue weighted by atomic mass is 10.0. The van der Waals surface area contributed by atoms with Crippen LogP contribution in [0.25, 0.3) is 11.3 Å². The number of benzene rings is 2. The Labute approximate surface area is 187 Å². The van der Waals surface area contributed by atoms with E-state index in [2.05, 4.69) is 45.3 Å². The van der Waals surface area contributed by atoms with E-state index >= 15 is 0 Å². The molecular formula is C25H29N3O2S. The molecule has 0 fully saturated rings. The number of aromatic nitrogens is 1. The Bertz CT molecular complexity index is 997. The fourth-order valence-electron chi connectivity index (χ4n) is 3.31. The van der Waals surface area contributed by atoms with E-state index in [0.29, 0.717) is 19.4 Å². The number of thiazole rings is 1. The zero-order valence-corrected chi connectivity index (χ0v) is 19.0. The van der Waals surface area contributed by atoms with Crippen LogP contribution >= 0.6 is 11.3 Å². The van der Waals surface area contributed by atoms with Crippen molar-refractivity contribution in [2.45, 2.75) is 39.7 Å². The van der Waals surface area contributed by atoms with Crippen molar-refractivity contribution in [2.75, 3.05) is 6.54 Å². The number of rotatable bonds is 9. The smallest absolute Gasteiger partial charge is 0.247 e. The topological polar surface area (TPSA) is 71.1 Å². The summed E-state index contributed by atoms with van der Waals surface area (Å²) in [7, 11) is 0. The summed E-state index contributed by atoms with van der Waals surface area (Å²) in [4.78, 5) is 29.7. The Morgan fingerprint density at radius 3 is 2.35 bits per heavy atom. The summed E-state index contributed by atoms with van der Waals surface area (Å²) in [6, 6.07) is 16.9. The molecule has 1 aromatic heterocycles. The Hall–Kier alpha value is -2.99. The highest BCUT2D eigenvalue weighted by atomic mass is 32.1. The van der Waals surface area contributed by atoms with Crippen LogP contribution in [0.3, 0.4) is 0 Å². The number of carbonyl (C=O) groups excluding carboxylic acids is 2. The maximum atomic E-state index is 12.9. The largest absolute Gasteiger partial charge is 0.354 e. The van der Waals surface area contributed by atoms with Gasteiger partial charge in [0, 0.05) is 23.9 Å². The quantitative estimate of drug-likeness (QED) is 0.513. The van der Waals surface area contributed by atoms with E-state index in [1.807, 2.05) is 51.1 Å². The summed E-state index contributed by atoms with van der Waals surface area (Å²) in [5, 5.41) is 8.97. The first kappa shape index (κ1) is 22.7. The molecule has 2 N–H and O–H groups in total. The van der Waals surface area contributed by atoms with Gasteiger partial charge in [-0.25, -0.2) is 4.98 Å². The molecule has 0 aliphatic heterocycles. The number of hydrogen-bond acceptors (Lipinski definition) is 4. The molecule has 2 amide bonds. The number of nitrogens with zero attached hydrogens (tertiary/aromatic N) is 1. The van der Waals surface area contributed by atoms with Crippen LogP contribution in [0.4, 0.5) is 0 Å². The Morgan fingerprint density at radius 2 is 1.74 bits per heavy atom. The summed E-state index contributed by atoms with van der Waals surface area (Å²) in [5.74, 6) is -0.0830. The molecule has 3 rings (SSSR count). The molecule has 3 aromatic rings. The van der Waals surface area contributed by atoms with Gasteiger partial charge in [0.05, 0.1) is 10.7 Å². The summed E-state index contributed by atoms with van der Waals surface area (Å²) in [6.07, 6.45) is 1.10. The number of hydrogen-bond donors (Lipinski definition) is 2. The van der Waals surface area contributed by atoms with Gasteiger partial charge in [0.15, 0.2) is 0 Å². The van der Waals surface area contributed by atoms with Gasteiger partial charge in [0.25, 0.3) is 0 Å². The highest BCUT2D eigenvalue weighted by molar-refractivity contribution is 7.09. The van der Waals surface area contributed by atoms with Crippen molar-refractivity contribution in [3.8, 4) is 11.3 Å². The number of amides is 2. The Balaban J connectivity index is 1.58. The molecule has 2 aromatic carbocycles. The molecule has 0 radical (unpaired) electrons. The van der Waals surface area contributed by atoms with Gasteiger partial charge in [0.1, 0.15) is 6.04 Å². The molecule has 0 saturated carbocycles. The highest BCUT2D eigenvalue weighted by Gasteiger charge is 2.22. The van der Waals surface area contributed by atoms with E-state index in [1.165, 1.54) is 0 Å². The first-order chi connectivity index (χ1) is 14.9. The molecule has 0 spiro atoms. The molecule has 1 unspecified atom stereocenters. The summed E-state index contributed by atoms with van der Waals surface area (Å²) in [5.41, 5.74) is 4.00. The first-order valence-corrected chi connectivity index (χ1v) is 11.4. The van der Waals surface area contributed by atoms with Gasteiger partial charge in [-0.05, 0) is 30.4 Å². The minimum absolute atomic E-state index is 0.119. The third kappa shape index (κ3) is 6.76. The molecule has 31 heavy (non-hydrogen) atoms. The number of carbonyl (C=O) groups is 2. The van der Waals surface area contributed by atoms with Crippen molar-refractivity contribution >= 4 is 23.2 Å². The predicted molar refractivity (Wildman–Crippen MR) is 126 cm³/mol. The van der Waals surface area contributed by atoms with E-state index in [9.17, 15) is 9.59 Å². The van der Waals surface area contributed by atoms with Gasteiger partial charge in [-0.1, -0.05) is 68.4 Å². The molecule has 0 bridgehead atoms. The summed E-state index contributed by atoms with van der Waals surface area (Å²) >= 11 is 1.64. The SMILES string of the molecule is Cc1nc(-c2ccc(CCNC(=O)C(NC(=O)CC(C)C)c3ccccc3)cc2)cs1. The maximum Gasteiger partial charge on any atom is 0.247 e. The van der Waals surface area contributed by atoms with Crippen LogP contribution in [0.2, 0.25) is 0 Å². The van der Waals surface area contributed by atoms with Gasteiger partial charge >= 0.3 is 0 Å². The third-order valence-corrected chi connectivity index (χ3v) is 5.65. The van der Waals surface area contributed by atoms with Crippen molar-refractivity contribution in [3.63, 3.8) is 0 Å². The minimum Gasteiger partial charge on any atom is -0.354 e. The van der Waals surface area contributed by atoms with Crippen LogP contribution in [-0.4, -0.2) is 23.3 Å². The normalized spacial score (nSPS) is 11.9. The van der Waals surface area contributed by atoms with E-state index in [4.69, 9.17) is 0 Å². The second-order valence-corrected chi connectivity index (χ2v) is 9.06. The van der Waals surface area contributed by atoms with Gasteiger partial charge in [0.2, 0.25) is 11.8 Å². The molecule has 6 heteroatoms. The molecular weight excluding hydrogens is 406 g/mol. The standard InChI is InChI=1S/C25H29N3O2S/c1-17(2)15-23(29)28-24(21-7-5-4-6-8-21)25(30)26-14-13-19-9-11-20(12-10-19)22-16-31-18(3)27-22/h4-12,16-17,24H,13-15H2,1-3H3,(H,26,30)(H,28,29). The number of aryl methyl sites for hydroxylation is 1. The lowest BCUT2D eigenvalue weighted by molar-refractivity contribution is -0.129. The van der Waals surface area contributed by atoms with Gasteiger partial charge in [-0.15, -0.1) is 11.3 Å². The molecule has 0 aliphatic carbocycles. The van der Waals surface area contributed by atoms with Gasteiger partial charge in [-0.2, -0.15) is 0 Å². The Kier molecular flexibility index (Phi) is 7.95. The lowest BCUT2D eigenvalue weighted by Crippen LogP contribution is -2.41. The van der Waals surface area contributed by atoms with E-state index in [-0.39, 0.29) is 17.7 Å². The average molecular weight is 436 g/mol. The maximum absolute atomic E-state index is 12.9. The number of nitrogens with one attached hydrogen (secondary N) is 2. The van der Waals surface area contributed by atoms with Crippen molar-refractivity contribution in [3.05, 3.63) is 76.1 Å². The molecule has 162 valence electrons. The zero-order chi connectivity index (χ0) is 22.2. The lowest BCUT2D eigenvalue weighted by Gasteiger charge is -2.19. The molecule has 0 aliphatic rings. The van der Waals surface area contributed by atoms with Crippen molar-refractivity contribution in [1.29, 1.82) is 0 Å². The van der Waals surface area contributed by atoms with Gasteiger partial charge in [-0.3, -0.25) is 9.59 Å². The van der Waals surface area contributed by atoms with E-state index in [1.54, 1.807) is 11.3 Å². The van der Waals surface area contributed by atoms with Crippen LogP contribution < -0.4 is 10.6 Å². The monoisotopic (exact) mass is 435 g/mol. The van der Waals surface area contributed by atoms with Gasteiger partial charge < -0.3 is 10.6 Å². The van der Waals surface area contributed by atoms with E-state index in [0.717, 1.165) is 27.4 Å². The fourth-order valence-corrected chi connectivity index (χ4v) is 3.93. The summed E-state index contributed by atoms with van der Waals surface area (Å²) < 4.78 is 0. The third-order valence-electron chi connectivity index (χ3n) is 4.88. The minimum atomic E-state index is -0.692. The van der Waals surface area contributed by atoms with Crippen molar-refractivity contribution < 1.29 is 9.59 Å². The van der Waals surface area contributed by atoms with Crippen molar-refractivity contribution in [1.82, 2.24) is 15.6 Å². The molecule has 1 atom stereocenters. The zero-order valence-electron chi connectivity index (χ0n) is 18.2. The average Bonchev–Trinajstić information content (AvgIpc) is 3.19. The highest BCUT2D eigenvalue weighted by Crippen LogP contribution is 2.22. The van der Waals surface area contributed by atoms with E-state index < -0.39 is 6.04 Å². The van der Waals surface area contributed by atoms with Crippen molar-refractivity contribution in [2.24, 2.45) is 5.92 Å². The fraction of sp³-hybridized carbons (Fsp3) is 0.320. The van der Waals surface area contributed by atoms with Crippen LogP contribution in [0.1, 0.15) is 42.4 Å². The predicted octanol–water partition coefficient (Wildman–Crippen LogP) is 4.68. The second kappa shape index (κ2) is 10.9. The molecule has 1 heterocycles. The van der Waals surface area contributed by atoms with Crippen LogP contribution in [0, 0.1) is 12.8 Å². The second-order valence-electron chi connectivity index (χ2n) is 8.00. The molecule has 0 saturated heterocycles. The Morgan fingerprint density at radius 1 is 1.03 bits per heavy atom. The molecule has 5 nitrogen and oxygen atoms in total. The first-order valence-electron chi connectivity index (χ1n) is 10.6. The van der Waals surface area contributed by atoms with Crippen LogP contribution in [0.5, 0.6) is 0 Å². The van der Waals surface area contributed by atoms with Crippen LogP contribution in [-0.2, 0) is 16.0 Å². The summed E-state index contributed by atoms with van der Waals surface area (Å²) in [6.45, 7) is 6.46. The van der Waals surface area contributed by atoms with Crippen LogP contribution in [0.15, 0.2) is 60.0 Å².